The molecule has 51 heavy (non-hydrogen) atoms. The van der Waals surface area contributed by atoms with Gasteiger partial charge in [-0.2, -0.15) is 10.2 Å². The van der Waals surface area contributed by atoms with E-state index in [-0.39, 0.29) is 35.7 Å². The van der Waals surface area contributed by atoms with Crippen LogP contribution in [0.4, 0.5) is 20.3 Å². The molecule has 1 saturated carbocycles. The fourth-order valence-electron chi connectivity index (χ4n) is 7.00. The molecule has 0 spiro atoms. The Morgan fingerprint density at radius 3 is 2.49 bits per heavy atom. The fourth-order valence-corrected chi connectivity index (χ4v) is 7.00. The van der Waals surface area contributed by atoms with E-state index >= 15 is 0 Å². The van der Waals surface area contributed by atoms with Gasteiger partial charge in [0, 0.05) is 45.0 Å². The number of imide groups is 1. The van der Waals surface area contributed by atoms with E-state index < -0.39 is 18.0 Å². The molecule has 0 bridgehead atoms. The van der Waals surface area contributed by atoms with E-state index in [1.165, 1.54) is 21.8 Å². The quantitative estimate of drug-likeness (QED) is 0.190. The van der Waals surface area contributed by atoms with Crippen LogP contribution in [-0.2, 0) is 4.74 Å². The molecule has 15 heteroatoms. The topological polar surface area (TPSA) is 130 Å². The molecule has 3 aromatic heterocycles. The number of benzene rings is 1. The molecule has 7 rings (SSSR count). The molecule has 0 atom stereocenters. The summed E-state index contributed by atoms with van der Waals surface area (Å²) in [5.74, 6) is 5.98. The van der Waals surface area contributed by atoms with Crippen molar-refractivity contribution in [1.82, 2.24) is 34.2 Å². The van der Waals surface area contributed by atoms with Gasteiger partial charge in [0.15, 0.2) is 11.3 Å². The van der Waals surface area contributed by atoms with E-state index in [1.54, 1.807) is 35.1 Å². The summed E-state index contributed by atoms with van der Waals surface area (Å²) >= 11 is 0. The molecule has 1 aromatic carbocycles. The maximum Gasteiger partial charge on any atom is 0.284 e. The van der Waals surface area contributed by atoms with Crippen LogP contribution in [0.1, 0.15) is 81.3 Å². The number of amides is 3. The standard InChI is InChI=1S/C36H39F2N9O4/c1-43(14-5-2-6-15-45-35(49)26-7-3-4-8-27(26)36(45)50)22-24-9-11-25(12-10-24)47-23-29(31(42-47)32(37)38)40-34(48)28-21-39-46-16-13-30(41-33(28)46)44-17-19-51-20-18-44/h3-4,7-8,13,16,21,23-25,32H,5,9-12,14-15,17-20,22H2,1H3,(H,40,48). The van der Waals surface area contributed by atoms with Crippen molar-refractivity contribution in [3.63, 3.8) is 0 Å². The summed E-state index contributed by atoms with van der Waals surface area (Å²) in [5.41, 5.74) is 0.862. The molecular weight excluding hydrogens is 660 g/mol. The average Bonchev–Trinajstić information content (AvgIpc) is 3.83. The van der Waals surface area contributed by atoms with Crippen LogP contribution in [-0.4, -0.2) is 105 Å². The van der Waals surface area contributed by atoms with Crippen LogP contribution in [0.25, 0.3) is 5.65 Å². The van der Waals surface area contributed by atoms with Gasteiger partial charge in [-0.15, -0.1) is 5.92 Å². The number of nitrogens with zero attached hydrogens (tertiary/aromatic N) is 8. The number of alkyl halides is 2. The van der Waals surface area contributed by atoms with Crippen molar-refractivity contribution in [1.29, 1.82) is 0 Å². The van der Waals surface area contributed by atoms with Crippen molar-refractivity contribution in [2.45, 2.75) is 44.6 Å². The van der Waals surface area contributed by atoms with Crippen LogP contribution in [0, 0.1) is 17.8 Å². The molecule has 1 N–H and O–H groups in total. The SMILES string of the molecule is CN(CCC#CCN1C(=O)c2ccccc2C1=O)CC1CCC(n2cc(NC(=O)c3cnn4ccc(N5CCOCC5)nc34)c(C(F)F)n2)CC1. The highest BCUT2D eigenvalue weighted by Crippen LogP contribution is 2.35. The molecule has 1 aliphatic carbocycles. The zero-order valence-electron chi connectivity index (χ0n) is 28.3. The van der Waals surface area contributed by atoms with Gasteiger partial charge < -0.3 is 19.9 Å². The van der Waals surface area contributed by atoms with Crippen molar-refractivity contribution in [3.05, 3.63) is 71.3 Å². The third-order valence-electron chi connectivity index (χ3n) is 9.77. The Kier molecular flexibility index (Phi) is 10.0. The fraction of sp³-hybridized carbons (Fsp3) is 0.444. The van der Waals surface area contributed by atoms with Crippen LogP contribution >= 0.6 is 0 Å². The van der Waals surface area contributed by atoms with Crippen LogP contribution < -0.4 is 10.2 Å². The molecule has 2 fully saturated rings. The Balaban J connectivity index is 0.902. The van der Waals surface area contributed by atoms with Gasteiger partial charge in [-0.1, -0.05) is 18.1 Å². The number of carbonyl (C=O) groups excluding carboxylic acids is 3. The first-order chi connectivity index (χ1) is 24.8. The van der Waals surface area contributed by atoms with Gasteiger partial charge in [0.1, 0.15) is 11.4 Å². The summed E-state index contributed by atoms with van der Waals surface area (Å²) in [6.45, 7) is 4.20. The number of hydrogen-bond acceptors (Lipinski definition) is 9. The van der Waals surface area contributed by atoms with Gasteiger partial charge in [-0.3, -0.25) is 24.0 Å². The lowest BCUT2D eigenvalue weighted by Gasteiger charge is -2.31. The third-order valence-corrected chi connectivity index (χ3v) is 9.77. The smallest absolute Gasteiger partial charge is 0.284 e. The molecule has 1 saturated heterocycles. The zero-order valence-corrected chi connectivity index (χ0v) is 28.3. The van der Waals surface area contributed by atoms with E-state index in [9.17, 15) is 23.2 Å². The molecule has 2 aliphatic heterocycles. The lowest BCUT2D eigenvalue weighted by atomic mass is 9.86. The lowest BCUT2D eigenvalue weighted by molar-refractivity contribution is 0.0674. The first-order valence-corrected chi connectivity index (χ1v) is 17.2. The normalized spacial score (nSPS) is 19.2. The number of anilines is 2. The molecule has 0 unspecified atom stereocenters. The first kappa shape index (κ1) is 34.3. The third kappa shape index (κ3) is 7.33. The second kappa shape index (κ2) is 15.0. The van der Waals surface area contributed by atoms with Crippen LogP contribution in [0.3, 0.4) is 0 Å². The lowest BCUT2D eigenvalue weighted by Crippen LogP contribution is -2.36. The highest BCUT2D eigenvalue weighted by Gasteiger charge is 2.34. The summed E-state index contributed by atoms with van der Waals surface area (Å²) in [4.78, 5) is 48.5. The number of halogens is 2. The maximum absolute atomic E-state index is 14.1. The van der Waals surface area contributed by atoms with E-state index in [2.05, 4.69) is 42.1 Å². The van der Waals surface area contributed by atoms with Gasteiger partial charge >= 0.3 is 0 Å². The minimum atomic E-state index is -2.86. The van der Waals surface area contributed by atoms with E-state index in [1.807, 2.05) is 13.1 Å². The monoisotopic (exact) mass is 699 g/mol. The molecule has 266 valence electrons. The minimum Gasteiger partial charge on any atom is -0.378 e. The zero-order chi connectivity index (χ0) is 35.5. The Morgan fingerprint density at radius 2 is 1.78 bits per heavy atom. The Labute approximate surface area is 293 Å². The average molecular weight is 700 g/mol. The Hall–Kier alpha value is -5.20. The number of fused-ring (bicyclic) bond motifs is 2. The Bertz CT molecular complexity index is 1950. The highest BCUT2D eigenvalue weighted by molar-refractivity contribution is 6.21. The van der Waals surface area contributed by atoms with Gasteiger partial charge in [-0.05, 0) is 56.8 Å². The number of morpholine rings is 1. The molecule has 3 amide bonds. The predicted molar refractivity (Wildman–Crippen MR) is 184 cm³/mol. The van der Waals surface area contributed by atoms with Crippen molar-refractivity contribution in [2.24, 2.45) is 5.92 Å². The van der Waals surface area contributed by atoms with Gasteiger partial charge in [0.05, 0.1) is 48.8 Å². The Morgan fingerprint density at radius 1 is 1.06 bits per heavy atom. The molecule has 0 radical (unpaired) electrons. The second-order valence-corrected chi connectivity index (χ2v) is 13.2. The van der Waals surface area contributed by atoms with Crippen molar-refractivity contribution < 1.29 is 27.9 Å². The predicted octanol–water partition coefficient (Wildman–Crippen LogP) is 4.31. The summed E-state index contributed by atoms with van der Waals surface area (Å²) < 4.78 is 36.7. The van der Waals surface area contributed by atoms with Crippen molar-refractivity contribution in [2.75, 3.05) is 63.2 Å². The number of ether oxygens (including phenoxy) is 1. The molecule has 4 aromatic rings. The van der Waals surface area contributed by atoms with Crippen molar-refractivity contribution >= 4 is 34.9 Å². The summed E-state index contributed by atoms with van der Waals surface area (Å²) in [6, 6.07) is 8.56. The number of carbonyl (C=O) groups is 3. The van der Waals surface area contributed by atoms with Gasteiger partial charge in [0.2, 0.25) is 0 Å². The van der Waals surface area contributed by atoms with Crippen LogP contribution in [0.2, 0.25) is 0 Å². The van der Waals surface area contributed by atoms with Gasteiger partial charge in [0.25, 0.3) is 24.1 Å². The van der Waals surface area contributed by atoms with Crippen molar-refractivity contribution in [3.8, 4) is 11.8 Å². The van der Waals surface area contributed by atoms with E-state index in [0.717, 1.165) is 38.8 Å². The highest BCUT2D eigenvalue weighted by atomic mass is 19.3. The largest absolute Gasteiger partial charge is 0.378 e. The number of nitrogens with one attached hydrogen (secondary N) is 1. The van der Waals surface area contributed by atoms with E-state index in [4.69, 9.17) is 4.74 Å². The second-order valence-electron chi connectivity index (χ2n) is 13.2. The van der Waals surface area contributed by atoms with Crippen LogP contribution in [0.5, 0.6) is 0 Å². The number of rotatable bonds is 10. The van der Waals surface area contributed by atoms with Crippen LogP contribution in [0.15, 0.2) is 48.9 Å². The molecule has 13 nitrogen and oxygen atoms in total. The summed E-state index contributed by atoms with van der Waals surface area (Å²) in [6.07, 6.45) is 5.73. The molecular formula is C36H39F2N9O4. The number of aromatic nitrogens is 5. The number of hydrogen-bond donors (Lipinski definition) is 1. The van der Waals surface area contributed by atoms with E-state index in [0.29, 0.717) is 61.2 Å². The minimum absolute atomic E-state index is 0.0235. The first-order valence-electron chi connectivity index (χ1n) is 17.2. The summed E-state index contributed by atoms with van der Waals surface area (Å²) in [5, 5.41) is 11.1. The molecule has 5 heterocycles. The maximum atomic E-state index is 14.1. The molecule has 3 aliphatic rings. The van der Waals surface area contributed by atoms with Gasteiger partial charge in [-0.25, -0.2) is 18.3 Å². The summed E-state index contributed by atoms with van der Waals surface area (Å²) in [7, 11) is 2.04.